The maximum atomic E-state index is 13.6. The molecule has 4 rings (SSSR count). The second-order valence-corrected chi connectivity index (χ2v) is 12.3. The molecule has 2 aromatic carbocycles. The quantitative estimate of drug-likeness (QED) is 0.467. The molecule has 2 bridgehead atoms. The molecule has 10 heteroatoms. The highest BCUT2D eigenvalue weighted by atomic mass is 35.5. The molecule has 0 radical (unpaired) electrons. The number of carbonyl (C=O) groups is 1. The molecule has 5 atom stereocenters. The van der Waals surface area contributed by atoms with Crippen LogP contribution in [0, 0.1) is 35.2 Å². The van der Waals surface area contributed by atoms with Gasteiger partial charge in [0.2, 0.25) is 0 Å². The number of aliphatic hydroxyl groups is 1. The number of benzene rings is 2. The fourth-order valence-corrected chi connectivity index (χ4v) is 8.20. The molecule has 1 unspecified atom stereocenters. The fourth-order valence-electron chi connectivity index (χ4n) is 5.80. The van der Waals surface area contributed by atoms with Gasteiger partial charge in [-0.3, -0.25) is 4.79 Å². The first kappa shape index (κ1) is 26.0. The lowest BCUT2D eigenvalue weighted by molar-refractivity contribution is -0.100. The summed E-state index contributed by atoms with van der Waals surface area (Å²) in [6, 6.07) is 4.96. The molecule has 190 valence electrons. The topological polar surface area (TPSA) is 83.5 Å². The van der Waals surface area contributed by atoms with E-state index in [1.807, 2.05) is 13.8 Å². The first-order chi connectivity index (χ1) is 16.4. The van der Waals surface area contributed by atoms with Gasteiger partial charge in [-0.15, -0.1) is 0 Å². The Morgan fingerprint density at radius 3 is 2.26 bits per heavy atom. The second kappa shape index (κ2) is 9.41. The molecule has 2 N–H and O–H groups in total. The van der Waals surface area contributed by atoms with Crippen LogP contribution in [0.3, 0.4) is 0 Å². The average molecular weight is 530 g/mol. The third-order valence-electron chi connectivity index (χ3n) is 7.85. The molecular weight excluding hydrogens is 503 g/mol. The molecule has 1 amide bonds. The summed E-state index contributed by atoms with van der Waals surface area (Å²) in [6.45, 7) is 4.01. The Balaban J connectivity index is 1.60. The Hall–Kier alpha value is -2.10. The van der Waals surface area contributed by atoms with E-state index in [4.69, 9.17) is 11.6 Å². The van der Waals surface area contributed by atoms with Crippen molar-refractivity contribution >= 4 is 33.0 Å². The monoisotopic (exact) mass is 529 g/mol. The highest BCUT2D eigenvalue weighted by Gasteiger charge is 2.57. The van der Waals surface area contributed by atoms with E-state index in [0.29, 0.717) is 25.0 Å². The van der Waals surface area contributed by atoms with Crippen molar-refractivity contribution in [2.24, 2.45) is 17.8 Å². The van der Waals surface area contributed by atoms with Gasteiger partial charge in [0, 0.05) is 23.4 Å². The lowest BCUT2D eigenvalue weighted by Gasteiger charge is -2.46. The zero-order valence-corrected chi connectivity index (χ0v) is 20.9. The van der Waals surface area contributed by atoms with Gasteiger partial charge in [0.15, 0.2) is 27.3 Å². The lowest BCUT2D eigenvalue weighted by atomic mass is 9.67. The summed E-state index contributed by atoms with van der Waals surface area (Å²) in [7, 11) is -3.94. The number of hydrogen-bond donors (Lipinski definition) is 2. The van der Waals surface area contributed by atoms with Gasteiger partial charge < -0.3 is 10.4 Å². The van der Waals surface area contributed by atoms with Crippen LogP contribution >= 0.6 is 11.6 Å². The Labute approximate surface area is 207 Å². The van der Waals surface area contributed by atoms with E-state index < -0.39 is 44.0 Å². The zero-order valence-electron chi connectivity index (χ0n) is 19.3. The van der Waals surface area contributed by atoms with E-state index in [2.05, 4.69) is 5.32 Å². The summed E-state index contributed by atoms with van der Waals surface area (Å²) in [4.78, 5) is 12.5. The number of nitrogens with one attached hydrogen (secondary N) is 1. The van der Waals surface area contributed by atoms with E-state index in [9.17, 15) is 31.5 Å². The van der Waals surface area contributed by atoms with Crippen LogP contribution in [-0.2, 0) is 9.84 Å². The molecule has 2 fully saturated rings. The molecule has 0 heterocycles. The second-order valence-electron chi connectivity index (χ2n) is 9.66. The number of sulfone groups is 1. The fraction of sp³-hybridized carbons (Fsp3) is 0.480. The number of fused-ring (bicyclic) bond motifs is 2. The Kier molecular flexibility index (Phi) is 6.98. The van der Waals surface area contributed by atoms with Gasteiger partial charge >= 0.3 is 0 Å². The van der Waals surface area contributed by atoms with Crippen LogP contribution in [0.2, 0.25) is 5.02 Å². The lowest BCUT2D eigenvalue weighted by Crippen LogP contribution is -2.52. The first-order valence-electron chi connectivity index (χ1n) is 11.6. The van der Waals surface area contributed by atoms with Crippen LogP contribution in [0.4, 0.5) is 18.9 Å². The molecule has 0 aromatic heterocycles. The minimum absolute atomic E-state index is 0.0458. The number of halogens is 4. The number of carbonyl (C=O) groups excluding carboxylic acids is 1. The van der Waals surface area contributed by atoms with Crippen LogP contribution in [0.5, 0.6) is 0 Å². The summed E-state index contributed by atoms with van der Waals surface area (Å²) < 4.78 is 67.4. The van der Waals surface area contributed by atoms with E-state index >= 15 is 0 Å². The van der Waals surface area contributed by atoms with Crippen LogP contribution in [0.25, 0.3) is 0 Å². The first-order valence-corrected chi connectivity index (χ1v) is 13.5. The smallest absolute Gasteiger partial charge is 0.255 e. The van der Waals surface area contributed by atoms with Crippen molar-refractivity contribution in [3.8, 4) is 0 Å². The van der Waals surface area contributed by atoms with Crippen LogP contribution in [0.1, 0.15) is 56.3 Å². The molecule has 2 saturated carbocycles. The van der Waals surface area contributed by atoms with Crippen molar-refractivity contribution in [1.82, 2.24) is 0 Å². The van der Waals surface area contributed by atoms with Gasteiger partial charge in [-0.2, -0.15) is 0 Å². The van der Waals surface area contributed by atoms with Gasteiger partial charge in [-0.25, -0.2) is 21.6 Å². The SMILES string of the molecule is CCC(C)[C@@]1(O)[C@@H]2CC[C@H]1C[C@H](S(=O)(=O)c1cc(C(=O)Nc3cc(F)c(F)c(F)c3)ccc1Cl)C2. The maximum Gasteiger partial charge on any atom is 0.255 e. The Bertz CT molecular complexity index is 1230. The van der Waals surface area contributed by atoms with E-state index in [0.717, 1.165) is 25.3 Å². The molecule has 2 aliphatic carbocycles. The van der Waals surface area contributed by atoms with Gasteiger partial charge in [0.05, 0.1) is 20.8 Å². The predicted molar refractivity (Wildman–Crippen MR) is 127 cm³/mol. The van der Waals surface area contributed by atoms with Crippen molar-refractivity contribution in [3.05, 3.63) is 58.4 Å². The molecule has 0 spiro atoms. The summed E-state index contributed by atoms with van der Waals surface area (Å²) in [5.41, 5.74) is -1.29. The standard InChI is InChI=1S/C25H27ClF3NO4S/c1-3-13(2)25(32)15-5-6-16(25)10-18(9-15)35(33,34)22-8-14(4-7-19(22)26)24(31)30-17-11-20(27)23(29)21(28)12-17/h4,7-8,11-13,15-16,18,32H,3,5-6,9-10H2,1-2H3,(H,30,31)/t13?,15-,16+,18-,25-. The van der Waals surface area contributed by atoms with E-state index in [1.54, 1.807) is 0 Å². The summed E-state index contributed by atoms with van der Waals surface area (Å²) in [5, 5.41) is 12.9. The Morgan fingerprint density at radius 1 is 1.14 bits per heavy atom. The number of amides is 1. The van der Waals surface area contributed by atoms with Crippen LogP contribution in [0.15, 0.2) is 35.2 Å². The molecule has 2 aromatic rings. The Morgan fingerprint density at radius 2 is 1.71 bits per heavy atom. The van der Waals surface area contributed by atoms with Crippen LogP contribution < -0.4 is 5.32 Å². The largest absolute Gasteiger partial charge is 0.389 e. The minimum atomic E-state index is -3.94. The average Bonchev–Trinajstić information content (AvgIpc) is 2.98. The number of hydrogen-bond acceptors (Lipinski definition) is 4. The minimum Gasteiger partial charge on any atom is -0.389 e. The molecule has 0 saturated heterocycles. The van der Waals surface area contributed by atoms with Gasteiger partial charge in [-0.05, 0) is 61.6 Å². The van der Waals surface area contributed by atoms with Crippen molar-refractivity contribution < 1.29 is 31.5 Å². The van der Waals surface area contributed by atoms with Crippen molar-refractivity contribution in [2.75, 3.05) is 5.32 Å². The number of anilines is 1. The summed E-state index contributed by atoms with van der Waals surface area (Å²) >= 11 is 6.24. The third kappa shape index (κ3) is 4.47. The summed E-state index contributed by atoms with van der Waals surface area (Å²) in [6.07, 6.45) is 2.93. The van der Waals surface area contributed by atoms with Gasteiger partial charge in [0.25, 0.3) is 5.91 Å². The summed E-state index contributed by atoms with van der Waals surface area (Å²) in [5.74, 6) is -5.65. The maximum absolute atomic E-state index is 13.6. The molecule has 0 aliphatic heterocycles. The van der Waals surface area contributed by atoms with Crippen molar-refractivity contribution in [2.45, 2.75) is 61.7 Å². The molecule has 35 heavy (non-hydrogen) atoms. The van der Waals surface area contributed by atoms with Crippen molar-refractivity contribution in [1.29, 1.82) is 0 Å². The highest BCUT2D eigenvalue weighted by Crippen LogP contribution is 2.55. The van der Waals surface area contributed by atoms with E-state index in [1.165, 1.54) is 12.1 Å². The third-order valence-corrected chi connectivity index (χ3v) is 10.5. The molecule has 5 nitrogen and oxygen atoms in total. The van der Waals surface area contributed by atoms with Crippen molar-refractivity contribution in [3.63, 3.8) is 0 Å². The zero-order chi connectivity index (χ0) is 25.7. The highest BCUT2D eigenvalue weighted by molar-refractivity contribution is 7.92. The molecule has 2 aliphatic rings. The van der Waals surface area contributed by atoms with Crippen LogP contribution in [-0.4, -0.2) is 30.3 Å². The van der Waals surface area contributed by atoms with E-state index in [-0.39, 0.29) is 38.9 Å². The van der Waals surface area contributed by atoms with Gasteiger partial charge in [0.1, 0.15) is 0 Å². The molecular formula is C25H27ClF3NO4S. The normalized spacial score (nSPS) is 27.0. The number of rotatable bonds is 6. The predicted octanol–water partition coefficient (Wildman–Crippen LogP) is 5.75. The van der Waals surface area contributed by atoms with Gasteiger partial charge in [-0.1, -0.05) is 31.9 Å².